The van der Waals surface area contributed by atoms with E-state index in [0.29, 0.717) is 11.7 Å². The molecule has 0 aromatic carbocycles. The van der Waals surface area contributed by atoms with Crippen LogP contribution in [0.2, 0.25) is 0 Å². The maximum absolute atomic E-state index is 11.1. The summed E-state index contributed by atoms with van der Waals surface area (Å²) in [6.45, 7) is 0. The van der Waals surface area contributed by atoms with Crippen molar-refractivity contribution >= 4 is 17.7 Å². The molecule has 4 nitrogen and oxygen atoms in total. The predicted molar refractivity (Wildman–Crippen MR) is 65.3 cm³/mol. The van der Waals surface area contributed by atoms with E-state index in [4.69, 9.17) is 5.73 Å². The molecule has 0 amide bonds. The van der Waals surface area contributed by atoms with Crippen LogP contribution in [0.25, 0.3) is 0 Å². The third-order valence-corrected chi connectivity index (χ3v) is 4.38. The summed E-state index contributed by atoms with van der Waals surface area (Å²) >= 11 is 1.72. The van der Waals surface area contributed by atoms with Crippen molar-refractivity contribution in [3.05, 3.63) is 0 Å². The maximum atomic E-state index is 11.1. The largest absolute Gasteiger partial charge is 0.468 e. The molecule has 0 bridgehead atoms. The Balaban J connectivity index is 2.16. The molecule has 1 aliphatic carbocycles. The lowest BCUT2D eigenvalue weighted by atomic mass is 9.97. The lowest BCUT2D eigenvalue weighted by Gasteiger charge is -2.27. The van der Waals surface area contributed by atoms with Crippen molar-refractivity contribution in [2.75, 3.05) is 12.9 Å². The van der Waals surface area contributed by atoms with Gasteiger partial charge in [0.2, 0.25) is 0 Å². The summed E-state index contributed by atoms with van der Waals surface area (Å²) < 4.78 is 4.55. The molecule has 0 heterocycles. The maximum Gasteiger partial charge on any atom is 0.322 e. The molecule has 0 aliphatic heterocycles. The smallest absolute Gasteiger partial charge is 0.322 e. The van der Waals surface area contributed by atoms with Crippen LogP contribution < -0.4 is 5.73 Å². The zero-order chi connectivity index (χ0) is 12.0. The molecular weight excluding hydrogens is 226 g/mol. The Labute approximate surface area is 101 Å². The van der Waals surface area contributed by atoms with Crippen LogP contribution >= 0.6 is 11.8 Å². The molecule has 1 rings (SSSR count). The highest BCUT2D eigenvalue weighted by Gasteiger charge is 2.23. The average Bonchev–Trinajstić information content (AvgIpc) is 2.30. The zero-order valence-corrected chi connectivity index (χ0v) is 10.5. The third-order valence-electron chi connectivity index (χ3n) is 2.93. The van der Waals surface area contributed by atoms with Gasteiger partial charge in [0, 0.05) is 5.25 Å². The van der Waals surface area contributed by atoms with E-state index in [9.17, 15) is 9.90 Å². The predicted octanol–water partition coefficient (Wildman–Crippen LogP) is 0.913. The molecular formula is C11H21NO3S. The second-order valence-corrected chi connectivity index (χ2v) is 5.53. The number of ether oxygens (including phenoxy) is 1. The van der Waals surface area contributed by atoms with Gasteiger partial charge in [-0.3, -0.25) is 4.79 Å². The molecule has 0 radical (unpaired) electrons. The topological polar surface area (TPSA) is 72.5 Å². The van der Waals surface area contributed by atoms with Gasteiger partial charge in [0.05, 0.1) is 13.2 Å². The highest BCUT2D eigenvalue weighted by Crippen LogP contribution is 2.29. The number of hydrogen-bond acceptors (Lipinski definition) is 5. The first-order valence-electron chi connectivity index (χ1n) is 5.78. The first kappa shape index (κ1) is 13.8. The molecule has 1 fully saturated rings. The van der Waals surface area contributed by atoms with Crippen molar-refractivity contribution in [3.63, 3.8) is 0 Å². The van der Waals surface area contributed by atoms with Gasteiger partial charge >= 0.3 is 5.97 Å². The van der Waals surface area contributed by atoms with E-state index in [1.165, 1.54) is 13.5 Å². The lowest BCUT2D eigenvalue weighted by molar-refractivity contribution is -0.142. The number of rotatable bonds is 5. The van der Waals surface area contributed by atoms with Crippen molar-refractivity contribution in [3.8, 4) is 0 Å². The van der Waals surface area contributed by atoms with E-state index in [1.54, 1.807) is 11.8 Å². The van der Waals surface area contributed by atoms with E-state index in [1.807, 2.05) is 0 Å². The summed E-state index contributed by atoms with van der Waals surface area (Å²) in [4.78, 5) is 11.1. The van der Waals surface area contributed by atoms with Crippen LogP contribution in [0.15, 0.2) is 0 Å². The number of hydrogen-bond donors (Lipinski definition) is 2. The van der Waals surface area contributed by atoms with Crippen LogP contribution in [0.1, 0.15) is 32.1 Å². The van der Waals surface area contributed by atoms with Gasteiger partial charge in [0.15, 0.2) is 0 Å². The van der Waals surface area contributed by atoms with Crippen LogP contribution in [0.5, 0.6) is 0 Å². The Morgan fingerprint density at radius 3 is 2.88 bits per heavy atom. The standard InChI is InChI=1S/C11H21NO3S/c1-15-11(14)8(12)6-7-16-10-5-3-2-4-9(10)13/h8-10,13H,2-7,12H2,1H3. The quantitative estimate of drug-likeness (QED) is 0.707. The van der Waals surface area contributed by atoms with Crippen LogP contribution in [0, 0.1) is 0 Å². The van der Waals surface area contributed by atoms with Crippen LogP contribution in [-0.2, 0) is 9.53 Å². The average molecular weight is 247 g/mol. The molecule has 16 heavy (non-hydrogen) atoms. The molecule has 3 N–H and O–H groups in total. The Bertz CT molecular complexity index is 225. The Morgan fingerprint density at radius 1 is 1.56 bits per heavy atom. The zero-order valence-electron chi connectivity index (χ0n) is 9.72. The van der Waals surface area contributed by atoms with Crippen LogP contribution in [-0.4, -0.2) is 41.3 Å². The van der Waals surface area contributed by atoms with Crippen molar-refractivity contribution < 1.29 is 14.6 Å². The molecule has 1 aliphatic rings. The second-order valence-electron chi connectivity index (χ2n) is 4.18. The lowest BCUT2D eigenvalue weighted by Crippen LogP contribution is -2.33. The fraction of sp³-hybridized carbons (Fsp3) is 0.909. The van der Waals surface area contributed by atoms with Gasteiger partial charge in [0.25, 0.3) is 0 Å². The van der Waals surface area contributed by atoms with E-state index >= 15 is 0 Å². The number of esters is 1. The minimum Gasteiger partial charge on any atom is -0.468 e. The molecule has 5 heteroatoms. The Morgan fingerprint density at radius 2 is 2.25 bits per heavy atom. The summed E-state index contributed by atoms with van der Waals surface area (Å²) in [5.74, 6) is 0.447. The molecule has 1 saturated carbocycles. The van der Waals surface area contributed by atoms with Crippen molar-refractivity contribution in [1.29, 1.82) is 0 Å². The van der Waals surface area contributed by atoms with Crippen molar-refractivity contribution in [1.82, 2.24) is 0 Å². The summed E-state index contributed by atoms with van der Waals surface area (Å²) in [7, 11) is 1.35. The molecule has 3 atom stereocenters. The van der Waals surface area contributed by atoms with Gasteiger partial charge < -0.3 is 15.6 Å². The molecule has 0 aromatic rings. The van der Waals surface area contributed by atoms with Gasteiger partial charge in [-0.25, -0.2) is 0 Å². The SMILES string of the molecule is COC(=O)C(N)CCSC1CCCCC1O. The van der Waals surface area contributed by atoms with E-state index in [0.717, 1.165) is 25.0 Å². The number of carbonyl (C=O) groups is 1. The number of carbonyl (C=O) groups excluding carboxylic acids is 1. The molecule has 0 saturated heterocycles. The van der Waals surface area contributed by atoms with Crippen LogP contribution in [0.3, 0.4) is 0 Å². The summed E-state index contributed by atoms with van der Waals surface area (Å²) in [6, 6.07) is -0.529. The number of thioether (sulfide) groups is 1. The first-order valence-corrected chi connectivity index (χ1v) is 6.83. The summed E-state index contributed by atoms with van der Waals surface area (Å²) in [5.41, 5.74) is 5.63. The highest BCUT2D eigenvalue weighted by atomic mass is 32.2. The second kappa shape index (κ2) is 7.14. The first-order chi connectivity index (χ1) is 7.65. The van der Waals surface area contributed by atoms with E-state index in [-0.39, 0.29) is 12.1 Å². The van der Waals surface area contributed by atoms with Crippen molar-refractivity contribution in [2.45, 2.75) is 49.5 Å². The van der Waals surface area contributed by atoms with E-state index < -0.39 is 6.04 Å². The third kappa shape index (κ3) is 4.31. The molecule has 0 aromatic heterocycles. The fourth-order valence-electron chi connectivity index (χ4n) is 1.89. The fourth-order valence-corrected chi connectivity index (χ4v) is 3.27. The van der Waals surface area contributed by atoms with Crippen molar-refractivity contribution in [2.24, 2.45) is 5.73 Å². The van der Waals surface area contributed by atoms with Gasteiger partial charge in [-0.1, -0.05) is 12.8 Å². The number of aliphatic hydroxyl groups is 1. The summed E-state index contributed by atoms with van der Waals surface area (Å²) in [6.07, 6.45) is 4.71. The minimum absolute atomic E-state index is 0.187. The van der Waals surface area contributed by atoms with Gasteiger partial charge in [-0.05, 0) is 25.0 Å². The number of nitrogens with two attached hydrogens (primary N) is 1. The molecule has 0 spiro atoms. The van der Waals surface area contributed by atoms with E-state index in [2.05, 4.69) is 4.74 Å². The Kier molecular flexibility index (Phi) is 6.16. The molecule has 3 unspecified atom stereocenters. The normalized spacial score (nSPS) is 27.4. The van der Waals surface area contributed by atoms with Crippen LogP contribution in [0.4, 0.5) is 0 Å². The highest BCUT2D eigenvalue weighted by molar-refractivity contribution is 7.99. The molecule has 94 valence electrons. The number of methoxy groups -OCH3 is 1. The number of aliphatic hydroxyl groups excluding tert-OH is 1. The van der Waals surface area contributed by atoms with Gasteiger partial charge in [0.1, 0.15) is 6.04 Å². The minimum atomic E-state index is -0.529. The summed E-state index contributed by atoms with van der Waals surface area (Å²) in [5, 5.41) is 10.1. The van der Waals surface area contributed by atoms with Gasteiger partial charge in [-0.15, -0.1) is 0 Å². The monoisotopic (exact) mass is 247 g/mol. The Hall–Kier alpha value is -0.260. The van der Waals surface area contributed by atoms with Gasteiger partial charge in [-0.2, -0.15) is 11.8 Å².